The highest BCUT2D eigenvalue weighted by Crippen LogP contribution is 2.54. The predicted octanol–water partition coefficient (Wildman–Crippen LogP) is 4.93. The second-order valence-corrected chi connectivity index (χ2v) is 10.2. The van der Waals surface area contributed by atoms with Gasteiger partial charge in [0, 0.05) is 22.5 Å². The number of aliphatic hydroxyl groups is 2. The number of hydrogen-bond acceptors (Lipinski definition) is 6. The van der Waals surface area contributed by atoms with Gasteiger partial charge >= 0.3 is 24.7 Å². The molecule has 0 unspecified atom stereocenters. The van der Waals surface area contributed by atoms with Crippen LogP contribution in [-0.2, 0) is 21.0 Å². The average Bonchev–Trinajstić information content (AvgIpc) is 2.69. The van der Waals surface area contributed by atoms with Crippen molar-refractivity contribution in [2.75, 3.05) is 11.5 Å². The fourth-order valence-corrected chi connectivity index (χ4v) is 5.43. The molecule has 0 radical (unpaired) electrons. The third kappa shape index (κ3) is 4.83. The largest absolute Gasteiger partial charge is 0.430 e. The van der Waals surface area contributed by atoms with E-state index in [1.165, 1.54) is 0 Å². The van der Waals surface area contributed by atoms with E-state index < -0.39 is 89.2 Å². The molecule has 220 valence electrons. The number of hydrogen-bond donors (Lipinski definition) is 4. The lowest BCUT2D eigenvalue weighted by Crippen LogP contribution is -2.54. The molecule has 39 heavy (non-hydrogen) atoms. The number of nitrogens with two attached hydrogens (primary N) is 2. The molecular weight excluding hydrogens is 592 g/mol. The molecule has 2 rings (SSSR count). The van der Waals surface area contributed by atoms with Crippen molar-refractivity contribution in [3.63, 3.8) is 0 Å². The Hall–Kier alpha value is -2.93. The lowest BCUT2D eigenvalue weighted by atomic mass is 9.90. The highest BCUT2D eigenvalue weighted by molar-refractivity contribution is 7.91. The maximum absolute atomic E-state index is 13.4. The van der Waals surface area contributed by atoms with Crippen molar-refractivity contribution in [2.24, 2.45) is 0 Å². The number of nitrogen functional groups attached to an aromatic ring is 2. The molecule has 0 bridgehead atoms. The zero-order chi connectivity index (χ0) is 30.9. The van der Waals surface area contributed by atoms with Crippen molar-refractivity contribution in [3.05, 3.63) is 46.5 Å². The van der Waals surface area contributed by atoms with Crippen molar-refractivity contribution in [1.82, 2.24) is 0 Å². The molecule has 0 aliphatic carbocycles. The van der Waals surface area contributed by atoms with Crippen molar-refractivity contribution in [1.29, 1.82) is 0 Å². The third-order valence-electron chi connectivity index (χ3n) is 5.69. The zero-order valence-corrected chi connectivity index (χ0v) is 19.9. The number of anilines is 2. The molecular formula is C20H16F12N2O4S. The van der Waals surface area contributed by atoms with E-state index in [9.17, 15) is 71.3 Å². The number of sulfone groups is 1. The van der Waals surface area contributed by atoms with Crippen LogP contribution in [0.2, 0.25) is 0 Å². The van der Waals surface area contributed by atoms with Gasteiger partial charge in [0.05, 0.1) is 9.79 Å². The van der Waals surface area contributed by atoms with Gasteiger partial charge in [0.1, 0.15) is 0 Å². The van der Waals surface area contributed by atoms with Crippen LogP contribution in [0.15, 0.2) is 34.1 Å². The Bertz CT molecular complexity index is 1270. The number of aryl methyl sites for hydroxylation is 2. The van der Waals surface area contributed by atoms with Crippen LogP contribution in [-0.4, -0.2) is 43.3 Å². The maximum atomic E-state index is 13.4. The van der Waals surface area contributed by atoms with Gasteiger partial charge in [-0.15, -0.1) is 0 Å². The van der Waals surface area contributed by atoms with E-state index in [1.807, 2.05) is 0 Å². The molecule has 0 aliphatic heterocycles. The molecule has 0 fully saturated rings. The lowest BCUT2D eigenvalue weighted by molar-refractivity contribution is -0.376. The van der Waals surface area contributed by atoms with Crippen molar-refractivity contribution >= 4 is 21.2 Å². The minimum Gasteiger partial charge on any atom is -0.398 e. The van der Waals surface area contributed by atoms with Gasteiger partial charge in [-0.3, -0.25) is 0 Å². The van der Waals surface area contributed by atoms with Gasteiger partial charge in [0.25, 0.3) is 11.2 Å². The molecule has 6 N–H and O–H groups in total. The summed E-state index contributed by atoms with van der Waals surface area (Å²) in [5.74, 6) is 0. The van der Waals surface area contributed by atoms with Gasteiger partial charge in [-0.1, -0.05) is 0 Å². The van der Waals surface area contributed by atoms with Gasteiger partial charge in [0.2, 0.25) is 9.84 Å². The Morgan fingerprint density at radius 2 is 0.795 bits per heavy atom. The number of alkyl halides is 12. The lowest BCUT2D eigenvalue weighted by Gasteiger charge is -2.34. The second-order valence-electron chi connectivity index (χ2n) is 8.33. The molecule has 2 aromatic rings. The summed E-state index contributed by atoms with van der Waals surface area (Å²) in [6.07, 6.45) is -26.1. The summed E-state index contributed by atoms with van der Waals surface area (Å²) in [7, 11) is -5.58. The molecule has 19 heteroatoms. The van der Waals surface area contributed by atoms with Crippen molar-refractivity contribution in [3.8, 4) is 0 Å². The molecule has 2 aromatic carbocycles. The van der Waals surface area contributed by atoms with Crippen LogP contribution in [0, 0.1) is 13.8 Å². The Labute approximate surface area is 210 Å². The van der Waals surface area contributed by atoms with Crippen LogP contribution >= 0.6 is 0 Å². The minimum absolute atomic E-state index is 0.264. The molecule has 0 heterocycles. The minimum atomic E-state index is -6.53. The molecule has 0 atom stereocenters. The molecule has 0 amide bonds. The molecule has 0 saturated carbocycles. The van der Waals surface area contributed by atoms with Crippen LogP contribution in [0.3, 0.4) is 0 Å². The summed E-state index contributed by atoms with van der Waals surface area (Å²) in [5.41, 5.74) is -9.71. The summed E-state index contributed by atoms with van der Waals surface area (Å²) in [4.78, 5) is -3.00. The van der Waals surface area contributed by atoms with E-state index in [0.29, 0.717) is 0 Å². The highest BCUT2D eigenvalue weighted by Gasteiger charge is 2.73. The summed E-state index contributed by atoms with van der Waals surface area (Å²) >= 11 is 0. The van der Waals surface area contributed by atoms with Crippen LogP contribution in [0.5, 0.6) is 0 Å². The summed E-state index contributed by atoms with van der Waals surface area (Å²) < 4.78 is 187. The quantitative estimate of drug-likeness (QED) is 0.288. The fraction of sp³-hybridized carbons (Fsp3) is 0.400. The number of rotatable bonds is 4. The predicted molar refractivity (Wildman–Crippen MR) is 109 cm³/mol. The van der Waals surface area contributed by atoms with Crippen molar-refractivity contribution in [2.45, 2.75) is 59.5 Å². The first-order chi connectivity index (χ1) is 17.1. The summed E-state index contributed by atoms with van der Waals surface area (Å²) in [6.45, 7) is 1.56. The van der Waals surface area contributed by atoms with Crippen LogP contribution in [0.25, 0.3) is 0 Å². The zero-order valence-electron chi connectivity index (χ0n) is 19.1. The standard InChI is InChI=1S/C20H16F12N2O4S/c1-7-3-11(33)9(15(35,17(21,22)23)18(24,25)26)5-13(7)39(37,38)14-6-10(12(34)4-8(14)2)16(36,19(27,28)29)20(30,31)32/h3-6,35-36H,33-34H2,1-2H3. The Kier molecular flexibility index (Phi) is 7.49. The SMILES string of the molecule is Cc1cc(N)c(C(O)(C(F)(F)F)C(F)(F)F)cc1S(=O)(=O)c1cc(C(O)(C(F)(F)F)C(F)(F)F)c(N)cc1C. The average molecular weight is 608 g/mol. The van der Waals surface area contributed by atoms with Gasteiger partial charge in [0.15, 0.2) is 0 Å². The molecule has 0 spiro atoms. The van der Waals surface area contributed by atoms with Crippen LogP contribution < -0.4 is 11.5 Å². The first-order valence-electron chi connectivity index (χ1n) is 9.84. The van der Waals surface area contributed by atoms with E-state index >= 15 is 0 Å². The normalized spacial score (nSPS) is 14.6. The molecule has 0 aliphatic rings. The third-order valence-corrected chi connectivity index (χ3v) is 7.73. The summed E-state index contributed by atoms with van der Waals surface area (Å²) in [6, 6.07) is -0.174. The van der Waals surface area contributed by atoms with Crippen LogP contribution in [0.1, 0.15) is 22.3 Å². The number of halogens is 12. The molecule has 6 nitrogen and oxygen atoms in total. The fourth-order valence-electron chi connectivity index (χ4n) is 3.68. The Morgan fingerprint density at radius 3 is 1.00 bits per heavy atom. The van der Waals surface area contributed by atoms with E-state index in [2.05, 4.69) is 0 Å². The van der Waals surface area contributed by atoms with Crippen LogP contribution in [0.4, 0.5) is 64.1 Å². The second kappa shape index (κ2) is 9.05. The topological polar surface area (TPSA) is 127 Å². The number of benzene rings is 2. The van der Waals surface area contributed by atoms with Crippen molar-refractivity contribution < 1.29 is 71.3 Å². The van der Waals surface area contributed by atoms with Gasteiger partial charge in [-0.2, -0.15) is 52.7 Å². The smallest absolute Gasteiger partial charge is 0.398 e. The van der Waals surface area contributed by atoms with E-state index in [4.69, 9.17) is 11.5 Å². The molecule has 0 aromatic heterocycles. The van der Waals surface area contributed by atoms with Gasteiger partial charge in [-0.05, 0) is 49.2 Å². The monoisotopic (exact) mass is 608 g/mol. The highest BCUT2D eigenvalue weighted by atomic mass is 32.2. The maximum Gasteiger partial charge on any atom is 0.430 e. The first-order valence-corrected chi connectivity index (χ1v) is 11.3. The Morgan fingerprint density at radius 1 is 0.564 bits per heavy atom. The van der Waals surface area contributed by atoms with Gasteiger partial charge in [-0.25, -0.2) is 8.42 Å². The first kappa shape index (κ1) is 32.3. The van der Waals surface area contributed by atoms with E-state index in [-0.39, 0.29) is 24.3 Å². The van der Waals surface area contributed by atoms with E-state index in [0.717, 1.165) is 13.8 Å². The summed E-state index contributed by atoms with van der Waals surface area (Å²) in [5, 5.41) is 19.4. The molecule has 0 saturated heterocycles. The van der Waals surface area contributed by atoms with Gasteiger partial charge < -0.3 is 21.7 Å². The van der Waals surface area contributed by atoms with E-state index in [1.54, 1.807) is 0 Å². The Balaban J connectivity index is 3.03.